The molecule has 1 atom stereocenters. The fourth-order valence-corrected chi connectivity index (χ4v) is 2.04. The van der Waals surface area contributed by atoms with Crippen molar-refractivity contribution in [3.8, 4) is 0 Å². The summed E-state index contributed by atoms with van der Waals surface area (Å²) in [5.41, 5.74) is 3.32. The van der Waals surface area contributed by atoms with Gasteiger partial charge in [-0.25, -0.2) is 0 Å². The van der Waals surface area contributed by atoms with Gasteiger partial charge >= 0.3 is 5.97 Å². The number of nitrogens with one attached hydrogen (secondary N) is 1. The average Bonchev–Trinajstić information content (AvgIpc) is 2.51. The van der Waals surface area contributed by atoms with E-state index in [0.717, 1.165) is 16.8 Å². The highest BCUT2D eigenvalue weighted by molar-refractivity contribution is 7.80. The van der Waals surface area contributed by atoms with Crippen LogP contribution in [0.4, 0.5) is 5.69 Å². The number of cyclic esters (lactones) is 1. The van der Waals surface area contributed by atoms with Crippen LogP contribution < -0.4 is 5.32 Å². The number of esters is 1. The normalized spacial score (nSPS) is 19.8. The monoisotopic (exact) mass is 235 g/mol. The molecule has 0 amide bonds. The van der Waals surface area contributed by atoms with Crippen LogP contribution in [0.2, 0.25) is 0 Å². The molecule has 4 heteroatoms. The lowest BCUT2D eigenvalue weighted by atomic mass is 10.1. The largest absolute Gasteiger partial charge is 0.417 e. The minimum absolute atomic E-state index is 0.178. The Kier molecular flexibility index (Phi) is 2.92. The summed E-state index contributed by atoms with van der Waals surface area (Å²) in [5, 5.41) is 3.61. The average molecular weight is 235 g/mol. The minimum atomic E-state index is -0.256. The molecule has 1 aromatic rings. The Morgan fingerprint density at radius 2 is 2.00 bits per heavy atom. The van der Waals surface area contributed by atoms with E-state index in [4.69, 9.17) is 17.0 Å². The summed E-state index contributed by atoms with van der Waals surface area (Å²) in [6.45, 7) is 4.05. The van der Waals surface area contributed by atoms with Crippen molar-refractivity contribution in [2.75, 3.05) is 5.32 Å². The van der Waals surface area contributed by atoms with Crippen LogP contribution in [0.15, 0.2) is 18.2 Å². The molecule has 1 fully saturated rings. The number of benzene rings is 1. The zero-order chi connectivity index (χ0) is 11.7. The molecular formula is C12H13NO2S. The number of carbonyl (C=O) groups is 1. The predicted molar refractivity (Wildman–Crippen MR) is 66.6 cm³/mol. The molecule has 1 saturated heterocycles. The Balaban J connectivity index is 2.21. The van der Waals surface area contributed by atoms with E-state index in [1.54, 1.807) is 0 Å². The number of thiocarbonyl (C=S) groups is 1. The summed E-state index contributed by atoms with van der Waals surface area (Å²) in [7, 11) is 0. The summed E-state index contributed by atoms with van der Waals surface area (Å²) >= 11 is 5.00. The van der Waals surface area contributed by atoms with Gasteiger partial charge in [0.05, 0.1) is 6.42 Å². The van der Waals surface area contributed by atoms with Gasteiger partial charge in [-0.2, -0.15) is 0 Å². The van der Waals surface area contributed by atoms with Gasteiger partial charge in [0.2, 0.25) is 0 Å². The predicted octanol–water partition coefficient (Wildman–Crippen LogP) is 2.36. The van der Waals surface area contributed by atoms with Gasteiger partial charge in [0.25, 0.3) is 0 Å². The van der Waals surface area contributed by atoms with Gasteiger partial charge in [0.15, 0.2) is 5.05 Å². The SMILES string of the molecule is Cc1cccc(C)c1NC1CC(=O)OC1=S. The van der Waals surface area contributed by atoms with Gasteiger partial charge < -0.3 is 10.1 Å². The van der Waals surface area contributed by atoms with Crippen molar-refractivity contribution in [2.45, 2.75) is 26.3 Å². The van der Waals surface area contributed by atoms with Gasteiger partial charge in [0.1, 0.15) is 6.04 Å². The van der Waals surface area contributed by atoms with Crippen LogP contribution in [-0.2, 0) is 9.53 Å². The molecule has 1 aliphatic heterocycles. The smallest absolute Gasteiger partial charge is 0.314 e. The van der Waals surface area contributed by atoms with E-state index in [1.165, 1.54) is 0 Å². The molecular weight excluding hydrogens is 222 g/mol. The number of aryl methyl sites for hydroxylation is 2. The lowest BCUT2D eigenvalue weighted by molar-refractivity contribution is -0.132. The van der Waals surface area contributed by atoms with Gasteiger partial charge in [-0.1, -0.05) is 18.2 Å². The van der Waals surface area contributed by atoms with Crippen LogP contribution in [0.1, 0.15) is 17.5 Å². The second-order valence-electron chi connectivity index (χ2n) is 3.96. The fraction of sp³-hybridized carbons (Fsp3) is 0.333. The maximum atomic E-state index is 11.1. The van der Waals surface area contributed by atoms with Crippen molar-refractivity contribution in [2.24, 2.45) is 0 Å². The number of hydrogen-bond acceptors (Lipinski definition) is 4. The van der Waals surface area contributed by atoms with Crippen molar-refractivity contribution >= 4 is 28.9 Å². The first kappa shape index (κ1) is 11.1. The van der Waals surface area contributed by atoms with Crippen LogP contribution >= 0.6 is 12.2 Å². The second kappa shape index (κ2) is 4.22. The number of hydrogen-bond donors (Lipinski definition) is 1. The van der Waals surface area contributed by atoms with Gasteiger partial charge in [-0.05, 0) is 37.2 Å². The van der Waals surface area contributed by atoms with E-state index in [2.05, 4.69) is 5.32 Å². The Morgan fingerprint density at radius 1 is 1.38 bits per heavy atom. The first-order valence-electron chi connectivity index (χ1n) is 5.15. The van der Waals surface area contributed by atoms with E-state index < -0.39 is 0 Å². The molecule has 0 radical (unpaired) electrons. The van der Waals surface area contributed by atoms with Crippen LogP contribution in [-0.4, -0.2) is 17.1 Å². The van der Waals surface area contributed by atoms with Crippen LogP contribution in [0, 0.1) is 13.8 Å². The zero-order valence-electron chi connectivity index (χ0n) is 9.24. The molecule has 0 spiro atoms. The Bertz CT molecular complexity index is 436. The quantitative estimate of drug-likeness (QED) is 0.631. The zero-order valence-corrected chi connectivity index (χ0v) is 10.1. The first-order valence-corrected chi connectivity index (χ1v) is 5.56. The van der Waals surface area contributed by atoms with Gasteiger partial charge in [-0.15, -0.1) is 0 Å². The van der Waals surface area contributed by atoms with E-state index in [1.807, 2.05) is 32.0 Å². The standard InChI is InChI=1S/C12H13NO2S/c1-7-4-3-5-8(2)11(7)13-9-6-10(14)15-12(9)16/h3-5,9,13H,6H2,1-2H3. The minimum Gasteiger partial charge on any atom is -0.417 e. The van der Waals surface area contributed by atoms with Gasteiger partial charge in [0, 0.05) is 5.69 Å². The van der Waals surface area contributed by atoms with E-state index in [-0.39, 0.29) is 12.0 Å². The number of anilines is 1. The molecule has 1 aliphatic rings. The molecule has 1 aromatic carbocycles. The van der Waals surface area contributed by atoms with Crippen molar-refractivity contribution in [3.05, 3.63) is 29.3 Å². The third-order valence-electron chi connectivity index (χ3n) is 2.67. The third kappa shape index (κ3) is 2.07. The molecule has 3 nitrogen and oxygen atoms in total. The van der Waals surface area contributed by atoms with Gasteiger partial charge in [-0.3, -0.25) is 4.79 Å². The highest BCUT2D eigenvalue weighted by Crippen LogP contribution is 2.23. The lowest BCUT2D eigenvalue weighted by Crippen LogP contribution is -2.24. The fourth-order valence-electron chi connectivity index (χ4n) is 1.80. The Hall–Kier alpha value is -1.42. The number of carbonyl (C=O) groups excluding carboxylic acids is 1. The molecule has 84 valence electrons. The third-order valence-corrected chi connectivity index (χ3v) is 3.04. The summed E-state index contributed by atoms with van der Waals surface area (Å²) in [6, 6.07) is 5.87. The maximum Gasteiger partial charge on any atom is 0.314 e. The van der Waals surface area contributed by atoms with Crippen LogP contribution in [0.25, 0.3) is 0 Å². The molecule has 2 rings (SSSR count). The van der Waals surface area contributed by atoms with Crippen molar-refractivity contribution in [1.82, 2.24) is 0 Å². The van der Waals surface area contributed by atoms with E-state index >= 15 is 0 Å². The molecule has 0 aromatic heterocycles. The summed E-state index contributed by atoms with van der Waals surface area (Å²) < 4.78 is 4.86. The topological polar surface area (TPSA) is 38.3 Å². The summed E-state index contributed by atoms with van der Waals surface area (Å²) in [4.78, 5) is 11.1. The Labute approximate surface area is 99.8 Å². The van der Waals surface area contributed by atoms with Crippen LogP contribution in [0.5, 0.6) is 0 Å². The number of rotatable bonds is 2. The molecule has 1 heterocycles. The van der Waals surface area contributed by atoms with E-state index in [0.29, 0.717) is 11.5 Å². The van der Waals surface area contributed by atoms with Crippen molar-refractivity contribution < 1.29 is 9.53 Å². The van der Waals surface area contributed by atoms with E-state index in [9.17, 15) is 4.79 Å². The maximum absolute atomic E-state index is 11.1. The Morgan fingerprint density at radius 3 is 2.50 bits per heavy atom. The molecule has 0 bridgehead atoms. The molecule has 0 saturated carbocycles. The molecule has 1 unspecified atom stereocenters. The molecule has 16 heavy (non-hydrogen) atoms. The number of para-hydroxylation sites is 1. The highest BCUT2D eigenvalue weighted by Gasteiger charge is 2.30. The van der Waals surface area contributed by atoms with Crippen molar-refractivity contribution in [1.29, 1.82) is 0 Å². The molecule has 1 N–H and O–H groups in total. The summed E-state index contributed by atoms with van der Waals surface area (Å²) in [6.07, 6.45) is 0.312. The highest BCUT2D eigenvalue weighted by atomic mass is 32.1. The second-order valence-corrected chi connectivity index (χ2v) is 4.36. The lowest BCUT2D eigenvalue weighted by Gasteiger charge is -2.16. The van der Waals surface area contributed by atoms with Crippen LogP contribution in [0.3, 0.4) is 0 Å². The van der Waals surface area contributed by atoms with Crippen molar-refractivity contribution in [3.63, 3.8) is 0 Å². The molecule has 0 aliphatic carbocycles. The first-order chi connectivity index (χ1) is 7.58. The summed E-state index contributed by atoms with van der Waals surface area (Å²) in [5.74, 6) is -0.256. The number of ether oxygens (including phenoxy) is 1.